The number of halogens is 1. The summed E-state index contributed by atoms with van der Waals surface area (Å²) in [6, 6.07) is 15.4. The van der Waals surface area contributed by atoms with E-state index >= 15 is 0 Å². The summed E-state index contributed by atoms with van der Waals surface area (Å²) in [5.74, 6) is 0.139. The molecule has 1 aromatic heterocycles. The van der Waals surface area contributed by atoms with Crippen molar-refractivity contribution < 1.29 is 5.11 Å². The second-order valence-corrected chi connectivity index (χ2v) is 5.09. The van der Waals surface area contributed by atoms with Gasteiger partial charge in [-0.05, 0) is 24.3 Å². The number of aromatic hydroxyl groups is 1. The van der Waals surface area contributed by atoms with Gasteiger partial charge in [0.1, 0.15) is 0 Å². The molecule has 3 nitrogen and oxygen atoms in total. The van der Waals surface area contributed by atoms with Gasteiger partial charge in [0.25, 0.3) is 0 Å². The maximum absolute atomic E-state index is 9.91. The zero-order valence-corrected chi connectivity index (χ0v) is 11.6. The summed E-state index contributed by atoms with van der Waals surface area (Å²) in [5, 5.41) is 10.9. The quantitative estimate of drug-likeness (QED) is 0.677. The van der Waals surface area contributed by atoms with E-state index in [1.165, 1.54) is 0 Å². The first-order valence-corrected chi connectivity index (χ1v) is 6.62. The number of benzene rings is 2. The third kappa shape index (κ3) is 2.39. The number of hydrogen-bond donors (Lipinski definition) is 2. The molecule has 4 heteroatoms. The molecule has 2 aromatic carbocycles. The van der Waals surface area contributed by atoms with Gasteiger partial charge in [-0.1, -0.05) is 40.2 Å². The van der Waals surface area contributed by atoms with Crippen LogP contribution in [0.15, 0.2) is 58.0 Å². The van der Waals surface area contributed by atoms with Crippen LogP contribution in [0.5, 0.6) is 5.88 Å². The Bertz CT molecular complexity index is 762. The number of aromatic amines is 1. The monoisotopic (exact) mass is 314 g/mol. The highest BCUT2D eigenvalue weighted by molar-refractivity contribution is 9.10. The number of fused-ring (bicyclic) bond motifs is 1. The first-order valence-electron chi connectivity index (χ1n) is 5.83. The van der Waals surface area contributed by atoms with Crippen molar-refractivity contribution in [3.63, 3.8) is 0 Å². The van der Waals surface area contributed by atoms with Crippen molar-refractivity contribution in [1.29, 1.82) is 0 Å². The first-order chi connectivity index (χ1) is 9.24. The lowest BCUT2D eigenvalue weighted by atomic mass is 10.2. The van der Waals surface area contributed by atoms with Gasteiger partial charge in [0.15, 0.2) is 5.88 Å². The normalized spacial score (nSPS) is 11.4. The van der Waals surface area contributed by atoms with Crippen molar-refractivity contribution in [1.82, 2.24) is 4.98 Å². The van der Waals surface area contributed by atoms with Crippen molar-refractivity contribution >= 4 is 38.7 Å². The zero-order chi connectivity index (χ0) is 13.2. The maximum atomic E-state index is 9.91. The van der Waals surface area contributed by atoms with Gasteiger partial charge in [0.2, 0.25) is 0 Å². The van der Waals surface area contributed by atoms with E-state index in [9.17, 15) is 5.11 Å². The van der Waals surface area contributed by atoms with E-state index in [1.807, 2.05) is 48.5 Å². The van der Waals surface area contributed by atoms with Crippen LogP contribution in [0.3, 0.4) is 0 Å². The van der Waals surface area contributed by atoms with E-state index in [2.05, 4.69) is 25.9 Å². The number of H-pyrrole nitrogens is 1. The molecule has 0 saturated heterocycles. The Kier molecular flexibility index (Phi) is 3.09. The molecule has 2 N–H and O–H groups in total. The van der Waals surface area contributed by atoms with Crippen molar-refractivity contribution in [3.8, 4) is 5.88 Å². The van der Waals surface area contributed by atoms with E-state index in [0.717, 1.165) is 21.1 Å². The molecule has 94 valence electrons. The van der Waals surface area contributed by atoms with Crippen LogP contribution in [-0.2, 0) is 0 Å². The molecule has 0 saturated carbocycles. The number of hydrogen-bond acceptors (Lipinski definition) is 2. The van der Waals surface area contributed by atoms with Gasteiger partial charge in [0.05, 0.1) is 11.3 Å². The summed E-state index contributed by atoms with van der Waals surface area (Å²) in [4.78, 5) is 7.32. The predicted molar refractivity (Wildman–Crippen MR) is 81.4 cm³/mol. The van der Waals surface area contributed by atoms with Gasteiger partial charge >= 0.3 is 0 Å². The lowest BCUT2D eigenvalue weighted by Gasteiger charge is -1.95. The number of para-hydroxylation sites is 1. The third-order valence-corrected chi connectivity index (χ3v) is 3.37. The van der Waals surface area contributed by atoms with Crippen LogP contribution in [0.1, 0.15) is 5.56 Å². The molecule has 0 atom stereocenters. The van der Waals surface area contributed by atoms with Crippen LogP contribution in [0, 0.1) is 0 Å². The van der Waals surface area contributed by atoms with Gasteiger partial charge < -0.3 is 10.1 Å². The molecule has 1 heterocycles. The van der Waals surface area contributed by atoms with Crippen LogP contribution in [-0.4, -0.2) is 16.3 Å². The molecule has 3 aromatic rings. The van der Waals surface area contributed by atoms with Crippen molar-refractivity contribution in [3.05, 3.63) is 58.6 Å². The second kappa shape index (κ2) is 4.90. The Morgan fingerprint density at radius 2 is 1.95 bits per heavy atom. The molecule has 0 aliphatic carbocycles. The predicted octanol–water partition coefficient (Wildman–Crippen LogP) is 4.39. The minimum absolute atomic E-state index is 0.139. The fraction of sp³-hybridized carbons (Fsp3) is 0. The Hall–Kier alpha value is -2.07. The first kappa shape index (κ1) is 12.0. The average Bonchev–Trinajstić information content (AvgIpc) is 2.72. The molecule has 19 heavy (non-hydrogen) atoms. The van der Waals surface area contributed by atoms with Gasteiger partial charge in [-0.3, -0.25) is 4.99 Å². The minimum atomic E-state index is 0.139. The lowest BCUT2D eigenvalue weighted by molar-refractivity contribution is 0.457. The third-order valence-electron chi connectivity index (χ3n) is 2.88. The zero-order valence-electron chi connectivity index (χ0n) is 9.97. The highest BCUT2D eigenvalue weighted by Gasteiger charge is 2.07. The molecule has 0 unspecified atom stereocenters. The molecule has 0 aliphatic rings. The molecule has 0 bridgehead atoms. The molecule has 0 fully saturated rings. The van der Waals surface area contributed by atoms with Gasteiger partial charge in [-0.2, -0.15) is 0 Å². The average molecular weight is 315 g/mol. The van der Waals surface area contributed by atoms with Crippen LogP contribution in [0.25, 0.3) is 10.9 Å². The highest BCUT2D eigenvalue weighted by Crippen LogP contribution is 2.26. The van der Waals surface area contributed by atoms with Crippen LogP contribution in [0.2, 0.25) is 0 Å². The fourth-order valence-electron chi connectivity index (χ4n) is 1.98. The number of nitrogens with zero attached hydrogens (tertiary/aromatic N) is 1. The molecule has 0 amide bonds. The van der Waals surface area contributed by atoms with Crippen molar-refractivity contribution in [2.45, 2.75) is 0 Å². The van der Waals surface area contributed by atoms with Crippen LogP contribution < -0.4 is 0 Å². The summed E-state index contributed by atoms with van der Waals surface area (Å²) in [7, 11) is 0. The molecular formula is C15H11BrN2O. The Labute approximate surface area is 118 Å². The van der Waals surface area contributed by atoms with E-state index in [-0.39, 0.29) is 5.88 Å². The summed E-state index contributed by atoms with van der Waals surface area (Å²) in [6.07, 6.45) is 1.68. The van der Waals surface area contributed by atoms with E-state index in [0.29, 0.717) is 5.56 Å². The summed E-state index contributed by atoms with van der Waals surface area (Å²) in [6.45, 7) is 0. The topological polar surface area (TPSA) is 48.4 Å². The van der Waals surface area contributed by atoms with Crippen molar-refractivity contribution in [2.75, 3.05) is 0 Å². The number of aliphatic imine (C=N–C) groups is 1. The summed E-state index contributed by atoms with van der Waals surface area (Å²) in [5.41, 5.74) is 2.44. The Morgan fingerprint density at radius 1 is 1.11 bits per heavy atom. The van der Waals surface area contributed by atoms with E-state index in [4.69, 9.17) is 0 Å². The standard InChI is InChI=1S/C15H11BrN2O/c16-10-4-3-5-11(8-10)17-9-13-12-6-1-2-7-14(12)18-15(13)19/h1-9,18-19H. The Balaban J connectivity index is 2.03. The largest absolute Gasteiger partial charge is 0.494 e. The molecule has 0 radical (unpaired) electrons. The smallest absolute Gasteiger partial charge is 0.198 e. The number of aromatic nitrogens is 1. The van der Waals surface area contributed by atoms with E-state index in [1.54, 1.807) is 6.21 Å². The number of nitrogens with one attached hydrogen (secondary N) is 1. The van der Waals surface area contributed by atoms with Gasteiger partial charge in [-0.25, -0.2) is 0 Å². The molecular weight excluding hydrogens is 304 g/mol. The summed E-state index contributed by atoms with van der Waals surface area (Å²) < 4.78 is 0.977. The second-order valence-electron chi connectivity index (χ2n) is 4.17. The van der Waals surface area contributed by atoms with Gasteiger partial charge in [0, 0.05) is 21.6 Å². The lowest BCUT2D eigenvalue weighted by Crippen LogP contribution is -1.78. The minimum Gasteiger partial charge on any atom is -0.494 e. The maximum Gasteiger partial charge on any atom is 0.198 e. The Morgan fingerprint density at radius 3 is 2.79 bits per heavy atom. The van der Waals surface area contributed by atoms with Crippen LogP contribution in [0.4, 0.5) is 5.69 Å². The van der Waals surface area contributed by atoms with E-state index < -0.39 is 0 Å². The number of rotatable bonds is 2. The van der Waals surface area contributed by atoms with Gasteiger partial charge in [-0.15, -0.1) is 0 Å². The highest BCUT2D eigenvalue weighted by atomic mass is 79.9. The van der Waals surface area contributed by atoms with Crippen molar-refractivity contribution in [2.24, 2.45) is 4.99 Å². The summed E-state index contributed by atoms with van der Waals surface area (Å²) >= 11 is 3.41. The molecule has 0 aliphatic heterocycles. The molecule has 0 spiro atoms. The van der Waals surface area contributed by atoms with Crippen LogP contribution >= 0.6 is 15.9 Å². The SMILES string of the molecule is Oc1[nH]c2ccccc2c1C=Nc1cccc(Br)c1. The molecule has 3 rings (SSSR count). The fourth-order valence-corrected chi connectivity index (χ4v) is 2.36.